The summed E-state index contributed by atoms with van der Waals surface area (Å²) in [7, 11) is 0. The molecule has 1 aliphatic carbocycles. The van der Waals surface area contributed by atoms with E-state index < -0.39 is 5.82 Å². The Bertz CT molecular complexity index is 416. The fourth-order valence-corrected chi connectivity index (χ4v) is 2.28. The Kier molecular flexibility index (Phi) is 3.94. The highest BCUT2D eigenvalue weighted by molar-refractivity contribution is 7.80. The minimum Gasteiger partial charge on any atom is -0.490 e. The second-order valence-corrected chi connectivity index (χ2v) is 4.91. The lowest BCUT2D eigenvalue weighted by Gasteiger charge is -2.12. The highest BCUT2D eigenvalue weighted by atomic mass is 32.1. The van der Waals surface area contributed by atoms with Gasteiger partial charge in [0.2, 0.25) is 0 Å². The van der Waals surface area contributed by atoms with E-state index in [9.17, 15) is 4.39 Å². The van der Waals surface area contributed by atoms with Gasteiger partial charge < -0.3 is 10.5 Å². The molecule has 4 heteroatoms. The van der Waals surface area contributed by atoms with Gasteiger partial charge in [0.05, 0.1) is 6.61 Å². The minimum absolute atomic E-state index is 0.200. The van der Waals surface area contributed by atoms with Crippen LogP contribution in [0.3, 0.4) is 0 Å². The zero-order chi connectivity index (χ0) is 12.3. The number of thiocarbonyl (C=S) groups is 1. The van der Waals surface area contributed by atoms with Crippen LogP contribution in [-0.2, 0) is 0 Å². The van der Waals surface area contributed by atoms with Crippen molar-refractivity contribution in [1.29, 1.82) is 0 Å². The molecule has 0 saturated heterocycles. The van der Waals surface area contributed by atoms with Gasteiger partial charge >= 0.3 is 0 Å². The minimum atomic E-state index is -0.395. The average Bonchev–Trinajstić information content (AvgIpc) is 2.80. The van der Waals surface area contributed by atoms with Gasteiger partial charge in [-0.2, -0.15) is 0 Å². The molecule has 1 aliphatic rings. The molecule has 17 heavy (non-hydrogen) atoms. The molecule has 1 fully saturated rings. The Morgan fingerprint density at radius 3 is 2.71 bits per heavy atom. The summed E-state index contributed by atoms with van der Waals surface area (Å²) in [6.45, 7) is 0.601. The van der Waals surface area contributed by atoms with Crippen LogP contribution in [-0.4, -0.2) is 11.6 Å². The van der Waals surface area contributed by atoms with Crippen LogP contribution in [0, 0.1) is 11.7 Å². The van der Waals surface area contributed by atoms with Crippen molar-refractivity contribution in [2.24, 2.45) is 11.7 Å². The van der Waals surface area contributed by atoms with E-state index in [-0.39, 0.29) is 10.7 Å². The summed E-state index contributed by atoms with van der Waals surface area (Å²) < 4.78 is 19.1. The van der Waals surface area contributed by atoms with Crippen molar-refractivity contribution >= 4 is 17.2 Å². The fourth-order valence-electron chi connectivity index (χ4n) is 2.16. The molecule has 92 valence electrons. The topological polar surface area (TPSA) is 35.2 Å². The standard InChI is InChI=1S/C13H16FNOS/c14-11-7-10(13(15)17)5-6-12(11)16-8-9-3-1-2-4-9/h5-7,9H,1-4,8H2,(H2,15,17). The first-order valence-corrected chi connectivity index (χ1v) is 6.30. The van der Waals surface area contributed by atoms with Crippen molar-refractivity contribution in [3.8, 4) is 5.75 Å². The molecule has 0 aromatic heterocycles. The molecule has 0 atom stereocenters. The summed E-state index contributed by atoms with van der Waals surface area (Å²) >= 11 is 4.79. The summed E-state index contributed by atoms with van der Waals surface area (Å²) in [5.41, 5.74) is 5.96. The second kappa shape index (κ2) is 5.45. The van der Waals surface area contributed by atoms with Gasteiger partial charge in [-0.15, -0.1) is 0 Å². The lowest BCUT2D eigenvalue weighted by molar-refractivity contribution is 0.242. The van der Waals surface area contributed by atoms with Crippen LogP contribution < -0.4 is 10.5 Å². The van der Waals surface area contributed by atoms with E-state index in [2.05, 4.69) is 0 Å². The summed E-state index contributed by atoms with van der Waals surface area (Å²) in [5.74, 6) is 0.467. The maximum Gasteiger partial charge on any atom is 0.165 e. The van der Waals surface area contributed by atoms with E-state index in [1.807, 2.05) is 0 Å². The second-order valence-electron chi connectivity index (χ2n) is 4.47. The van der Waals surface area contributed by atoms with Gasteiger partial charge in [-0.05, 0) is 37.0 Å². The predicted molar refractivity (Wildman–Crippen MR) is 69.7 cm³/mol. The predicted octanol–water partition coefficient (Wildman–Crippen LogP) is 3.03. The lowest BCUT2D eigenvalue weighted by atomic mass is 10.1. The van der Waals surface area contributed by atoms with Crippen LogP contribution in [0.2, 0.25) is 0 Å². The van der Waals surface area contributed by atoms with Crippen molar-refractivity contribution in [3.05, 3.63) is 29.6 Å². The van der Waals surface area contributed by atoms with Gasteiger partial charge in [-0.1, -0.05) is 25.1 Å². The van der Waals surface area contributed by atoms with E-state index in [0.717, 1.165) is 0 Å². The largest absolute Gasteiger partial charge is 0.490 e. The molecule has 0 radical (unpaired) electrons. The number of rotatable bonds is 4. The highest BCUT2D eigenvalue weighted by Crippen LogP contribution is 2.26. The van der Waals surface area contributed by atoms with Crippen LogP contribution in [0.1, 0.15) is 31.2 Å². The molecule has 1 aromatic rings. The Labute approximate surface area is 106 Å². The molecule has 1 aromatic carbocycles. The van der Waals surface area contributed by atoms with Crippen molar-refractivity contribution < 1.29 is 9.13 Å². The van der Waals surface area contributed by atoms with Gasteiger partial charge in [-0.25, -0.2) is 4.39 Å². The first-order chi connectivity index (χ1) is 8.16. The zero-order valence-corrected chi connectivity index (χ0v) is 10.4. The lowest BCUT2D eigenvalue weighted by Crippen LogP contribution is -2.11. The number of halogens is 1. The van der Waals surface area contributed by atoms with E-state index in [4.69, 9.17) is 22.7 Å². The summed E-state index contributed by atoms with van der Waals surface area (Å²) in [5, 5.41) is 0. The normalized spacial score (nSPS) is 16.1. The van der Waals surface area contributed by atoms with Gasteiger partial charge in [0.15, 0.2) is 11.6 Å². The van der Waals surface area contributed by atoms with E-state index in [1.165, 1.54) is 31.7 Å². The Morgan fingerprint density at radius 1 is 1.41 bits per heavy atom. The first kappa shape index (κ1) is 12.3. The monoisotopic (exact) mass is 253 g/mol. The van der Waals surface area contributed by atoms with E-state index in [0.29, 0.717) is 18.1 Å². The molecule has 0 spiro atoms. The van der Waals surface area contributed by atoms with Crippen LogP contribution in [0.25, 0.3) is 0 Å². The third kappa shape index (κ3) is 3.16. The van der Waals surface area contributed by atoms with Crippen molar-refractivity contribution in [1.82, 2.24) is 0 Å². The molecule has 1 saturated carbocycles. The average molecular weight is 253 g/mol. The molecule has 2 rings (SSSR count). The molecule has 0 unspecified atom stereocenters. The SMILES string of the molecule is NC(=S)c1ccc(OCC2CCCC2)c(F)c1. The van der Waals surface area contributed by atoms with Gasteiger partial charge in [-0.3, -0.25) is 0 Å². The van der Waals surface area contributed by atoms with Crippen molar-refractivity contribution in [2.45, 2.75) is 25.7 Å². The third-order valence-electron chi connectivity index (χ3n) is 3.17. The summed E-state index contributed by atoms with van der Waals surface area (Å²) in [4.78, 5) is 0.200. The number of hydrogen-bond acceptors (Lipinski definition) is 2. The van der Waals surface area contributed by atoms with Crippen LogP contribution >= 0.6 is 12.2 Å². The van der Waals surface area contributed by atoms with Gasteiger partial charge in [0, 0.05) is 5.56 Å². The highest BCUT2D eigenvalue weighted by Gasteiger charge is 2.16. The first-order valence-electron chi connectivity index (χ1n) is 5.89. The summed E-state index contributed by atoms with van der Waals surface area (Å²) in [6, 6.07) is 4.61. The third-order valence-corrected chi connectivity index (χ3v) is 3.40. The summed E-state index contributed by atoms with van der Waals surface area (Å²) in [6.07, 6.45) is 4.90. The number of hydrogen-bond donors (Lipinski definition) is 1. The fraction of sp³-hybridized carbons (Fsp3) is 0.462. The van der Waals surface area contributed by atoms with Gasteiger partial charge in [0.25, 0.3) is 0 Å². The quantitative estimate of drug-likeness (QED) is 0.838. The number of ether oxygens (including phenoxy) is 1. The Morgan fingerprint density at radius 2 is 2.12 bits per heavy atom. The maximum absolute atomic E-state index is 13.6. The van der Waals surface area contributed by atoms with Crippen molar-refractivity contribution in [2.75, 3.05) is 6.61 Å². The van der Waals surface area contributed by atoms with Crippen LogP contribution in [0.15, 0.2) is 18.2 Å². The number of nitrogens with two attached hydrogens (primary N) is 1. The molecule has 2 nitrogen and oxygen atoms in total. The van der Waals surface area contributed by atoms with Crippen LogP contribution in [0.5, 0.6) is 5.75 Å². The molecule has 0 amide bonds. The molecular weight excluding hydrogens is 237 g/mol. The Balaban J connectivity index is 1.98. The smallest absolute Gasteiger partial charge is 0.165 e. The maximum atomic E-state index is 13.6. The van der Waals surface area contributed by atoms with Gasteiger partial charge in [0.1, 0.15) is 4.99 Å². The van der Waals surface area contributed by atoms with Crippen molar-refractivity contribution in [3.63, 3.8) is 0 Å². The van der Waals surface area contributed by atoms with E-state index >= 15 is 0 Å². The zero-order valence-electron chi connectivity index (χ0n) is 9.62. The molecule has 0 heterocycles. The molecule has 2 N–H and O–H groups in total. The number of benzene rings is 1. The van der Waals surface area contributed by atoms with E-state index in [1.54, 1.807) is 12.1 Å². The van der Waals surface area contributed by atoms with Crippen LogP contribution in [0.4, 0.5) is 4.39 Å². The molecule has 0 bridgehead atoms. The molecule has 0 aliphatic heterocycles. The Hall–Kier alpha value is -1.16. The molecular formula is C13H16FNOS.